The lowest BCUT2D eigenvalue weighted by atomic mass is 10.2. The van der Waals surface area contributed by atoms with Gasteiger partial charge in [-0.3, -0.25) is 4.72 Å². The van der Waals surface area contributed by atoms with Crippen molar-refractivity contribution >= 4 is 26.1 Å². The summed E-state index contributed by atoms with van der Waals surface area (Å²) < 4.78 is 62.8. The third-order valence-electron chi connectivity index (χ3n) is 3.04. The molecule has 1 aliphatic heterocycles. The van der Waals surface area contributed by atoms with Gasteiger partial charge in [-0.25, -0.2) is 0 Å². The van der Waals surface area contributed by atoms with E-state index in [0.29, 0.717) is 13.1 Å². The molecule has 0 radical (unpaired) electrons. The first-order chi connectivity index (χ1) is 9.31. The SMILES string of the molecule is O=S(=O)(F)c1ccccc1NS(=O)(=O)N1CCCCC1. The molecular weight excluding hydrogens is 307 g/mol. The molecule has 1 aromatic rings. The Morgan fingerprint density at radius 1 is 1.00 bits per heavy atom. The summed E-state index contributed by atoms with van der Waals surface area (Å²) in [6.45, 7) is 0.750. The summed E-state index contributed by atoms with van der Waals surface area (Å²) in [5, 5.41) is 0. The van der Waals surface area contributed by atoms with E-state index in [1.165, 1.54) is 22.5 Å². The Morgan fingerprint density at radius 3 is 2.20 bits per heavy atom. The minimum absolute atomic E-state index is 0.277. The second-order valence-corrected chi connectivity index (χ2v) is 7.49. The number of para-hydroxylation sites is 1. The molecule has 0 saturated carbocycles. The van der Waals surface area contributed by atoms with Gasteiger partial charge in [-0.15, -0.1) is 3.89 Å². The molecule has 0 atom stereocenters. The number of anilines is 1. The molecule has 0 unspecified atom stereocenters. The van der Waals surface area contributed by atoms with Gasteiger partial charge in [0.1, 0.15) is 4.90 Å². The maximum absolute atomic E-state index is 13.1. The highest BCUT2D eigenvalue weighted by molar-refractivity contribution is 7.90. The third-order valence-corrected chi connectivity index (χ3v) is 5.45. The van der Waals surface area contributed by atoms with Crippen LogP contribution in [-0.2, 0) is 20.4 Å². The average molecular weight is 322 g/mol. The first-order valence-electron chi connectivity index (χ1n) is 6.12. The minimum atomic E-state index is -4.98. The second kappa shape index (κ2) is 5.66. The van der Waals surface area contributed by atoms with E-state index in [4.69, 9.17) is 0 Å². The quantitative estimate of drug-likeness (QED) is 0.851. The highest BCUT2D eigenvalue weighted by Crippen LogP contribution is 2.25. The summed E-state index contributed by atoms with van der Waals surface area (Å²) in [6.07, 6.45) is 2.47. The van der Waals surface area contributed by atoms with Crippen LogP contribution in [0, 0.1) is 0 Å². The minimum Gasteiger partial charge on any atom is -0.269 e. The topological polar surface area (TPSA) is 83.5 Å². The zero-order chi connectivity index (χ0) is 14.8. The van der Waals surface area contributed by atoms with Crippen molar-refractivity contribution in [3.05, 3.63) is 24.3 Å². The predicted molar refractivity (Wildman–Crippen MR) is 72.7 cm³/mol. The molecule has 0 bridgehead atoms. The van der Waals surface area contributed by atoms with Crippen LogP contribution >= 0.6 is 0 Å². The molecule has 0 amide bonds. The van der Waals surface area contributed by atoms with Gasteiger partial charge in [0.15, 0.2) is 0 Å². The number of hydrogen-bond donors (Lipinski definition) is 1. The Kier molecular flexibility index (Phi) is 4.31. The fourth-order valence-corrected chi connectivity index (χ4v) is 4.08. The van der Waals surface area contributed by atoms with Gasteiger partial charge in [-0.05, 0) is 25.0 Å². The van der Waals surface area contributed by atoms with Gasteiger partial charge in [-0.1, -0.05) is 18.6 Å². The number of nitrogens with zero attached hydrogens (tertiary/aromatic N) is 1. The molecule has 6 nitrogen and oxygen atoms in total. The van der Waals surface area contributed by atoms with Crippen LogP contribution in [0.1, 0.15) is 19.3 Å². The van der Waals surface area contributed by atoms with Crippen molar-refractivity contribution in [3.63, 3.8) is 0 Å². The number of hydrogen-bond acceptors (Lipinski definition) is 4. The summed E-state index contributed by atoms with van der Waals surface area (Å²) >= 11 is 0. The van der Waals surface area contributed by atoms with Crippen LogP contribution in [0.15, 0.2) is 29.2 Å². The Hall–Kier alpha value is -1.19. The van der Waals surface area contributed by atoms with Crippen LogP contribution in [0.3, 0.4) is 0 Å². The van der Waals surface area contributed by atoms with E-state index in [1.807, 2.05) is 0 Å². The largest absolute Gasteiger partial charge is 0.334 e. The van der Waals surface area contributed by atoms with Crippen molar-refractivity contribution in [2.24, 2.45) is 0 Å². The van der Waals surface area contributed by atoms with Crippen LogP contribution in [0.2, 0.25) is 0 Å². The van der Waals surface area contributed by atoms with E-state index in [9.17, 15) is 20.7 Å². The Morgan fingerprint density at radius 2 is 1.60 bits per heavy atom. The van der Waals surface area contributed by atoms with Crippen molar-refractivity contribution in [3.8, 4) is 0 Å². The Balaban J connectivity index is 2.30. The first kappa shape index (κ1) is 15.2. The van der Waals surface area contributed by atoms with Gasteiger partial charge in [0.05, 0.1) is 5.69 Å². The molecule has 1 N–H and O–H groups in total. The molecule has 0 spiro atoms. The molecular formula is C11H15FN2O4S2. The Labute approximate surface area is 118 Å². The summed E-state index contributed by atoms with van der Waals surface area (Å²) in [5.41, 5.74) is -0.277. The summed E-state index contributed by atoms with van der Waals surface area (Å²) in [6, 6.07) is 4.99. The van der Waals surface area contributed by atoms with Crippen molar-refractivity contribution in [2.45, 2.75) is 24.2 Å². The molecule has 0 aromatic heterocycles. The Bertz CT molecular complexity index is 682. The maximum Gasteiger partial charge on any atom is 0.334 e. The average Bonchev–Trinajstić information content (AvgIpc) is 2.39. The number of nitrogens with one attached hydrogen (secondary N) is 1. The van der Waals surface area contributed by atoms with Gasteiger partial charge < -0.3 is 0 Å². The summed E-state index contributed by atoms with van der Waals surface area (Å²) in [4.78, 5) is -0.680. The molecule has 1 aromatic carbocycles. The first-order valence-corrected chi connectivity index (χ1v) is 8.95. The van der Waals surface area contributed by atoms with E-state index < -0.39 is 25.3 Å². The molecule has 0 aliphatic carbocycles. The highest BCUT2D eigenvalue weighted by atomic mass is 32.3. The monoisotopic (exact) mass is 322 g/mol. The fourth-order valence-electron chi connectivity index (χ4n) is 2.07. The summed E-state index contributed by atoms with van der Waals surface area (Å²) in [7, 11) is -8.85. The number of piperidine rings is 1. The molecule has 1 saturated heterocycles. The molecule has 1 fully saturated rings. The molecule has 112 valence electrons. The zero-order valence-electron chi connectivity index (χ0n) is 10.6. The van der Waals surface area contributed by atoms with Crippen LogP contribution in [-0.4, -0.2) is 34.2 Å². The van der Waals surface area contributed by atoms with E-state index in [-0.39, 0.29) is 5.69 Å². The third kappa shape index (κ3) is 3.47. The number of benzene rings is 1. The standard InChI is InChI=1S/C11H15FN2O4S2/c12-19(15,16)11-7-3-2-6-10(11)13-20(17,18)14-8-4-1-5-9-14/h2-3,6-7,13H,1,4-5,8-9H2. The number of rotatable bonds is 4. The number of halogens is 1. The molecule has 1 aliphatic rings. The van der Waals surface area contributed by atoms with Crippen LogP contribution in [0.4, 0.5) is 9.57 Å². The van der Waals surface area contributed by atoms with E-state index >= 15 is 0 Å². The van der Waals surface area contributed by atoms with Crippen molar-refractivity contribution in [1.29, 1.82) is 0 Å². The molecule has 2 rings (SSSR count). The molecule has 9 heteroatoms. The van der Waals surface area contributed by atoms with Gasteiger partial charge in [-0.2, -0.15) is 21.1 Å². The maximum atomic E-state index is 13.1. The predicted octanol–water partition coefficient (Wildman–Crippen LogP) is 1.49. The van der Waals surface area contributed by atoms with Crippen molar-refractivity contribution in [1.82, 2.24) is 4.31 Å². The van der Waals surface area contributed by atoms with Gasteiger partial charge in [0, 0.05) is 13.1 Å². The molecule has 20 heavy (non-hydrogen) atoms. The zero-order valence-corrected chi connectivity index (χ0v) is 12.3. The second-order valence-electron chi connectivity index (χ2n) is 4.50. The van der Waals surface area contributed by atoms with Gasteiger partial charge >= 0.3 is 20.4 Å². The lowest BCUT2D eigenvalue weighted by molar-refractivity contribution is 0.349. The highest BCUT2D eigenvalue weighted by Gasteiger charge is 2.26. The molecule has 1 heterocycles. The van der Waals surface area contributed by atoms with E-state index in [1.54, 1.807) is 0 Å². The lowest BCUT2D eigenvalue weighted by Gasteiger charge is -2.26. The fraction of sp³-hybridized carbons (Fsp3) is 0.455. The van der Waals surface area contributed by atoms with Crippen LogP contribution in [0.25, 0.3) is 0 Å². The van der Waals surface area contributed by atoms with E-state index in [2.05, 4.69) is 4.72 Å². The lowest BCUT2D eigenvalue weighted by Crippen LogP contribution is -2.39. The van der Waals surface area contributed by atoms with Gasteiger partial charge in [0.2, 0.25) is 0 Å². The van der Waals surface area contributed by atoms with E-state index in [0.717, 1.165) is 25.3 Å². The summed E-state index contributed by atoms with van der Waals surface area (Å²) in [5.74, 6) is 0. The van der Waals surface area contributed by atoms with Crippen LogP contribution in [0.5, 0.6) is 0 Å². The normalized spacial score (nSPS) is 17.9. The van der Waals surface area contributed by atoms with Crippen LogP contribution < -0.4 is 4.72 Å². The van der Waals surface area contributed by atoms with Crippen molar-refractivity contribution < 1.29 is 20.7 Å². The smallest absolute Gasteiger partial charge is 0.269 e. The van der Waals surface area contributed by atoms with Gasteiger partial charge in [0.25, 0.3) is 0 Å². The van der Waals surface area contributed by atoms with Crippen molar-refractivity contribution in [2.75, 3.05) is 17.8 Å².